The SMILES string of the molecule is CCc1ccc(-c2nc(C(=O)OC(C)C(=O)c3[nH]c(C)c(C(C)=O)c3C)cs2)cc1. The van der Waals surface area contributed by atoms with E-state index in [4.69, 9.17) is 4.74 Å². The van der Waals surface area contributed by atoms with Gasteiger partial charge in [-0.3, -0.25) is 9.59 Å². The summed E-state index contributed by atoms with van der Waals surface area (Å²) in [5.74, 6) is -1.16. The molecular formula is C23H24N2O4S. The van der Waals surface area contributed by atoms with Crippen molar-refractivity contribution >= 4 is 28.9 Å². The van der Waals surface area contributed by atoms with Crippen molar-refractivity contribution in [2.24, 2.45) is 0 Å². The van der Waals surface area contributed by atoms with Crippen LogP contribution in [0.4, 0.5) is 0 Å². The molecule has 0 aliphatic rings. The zero-order chi connectivity index (χ0) is 22.0. The average Bonchev–Trinajstić information content (AvgIpc) is 3.32. The van der Waals surface area contributed by atoms with E-state index in [1.807, 2.05) is 24.3 Å². The van der Waals surface area contributed by atoms with Crippen LogP contribution in [-0.4, -0.2) is 33.6 Å². The van der Waals surface area contributed by atoms with E-state index in [0.29, 0.717) is 21.8 Å². The number of Topliss-reactive ketones (excluding diaryl/α,β-unsaturated/α-hetero) is 2. The molecule has 0 radical (unpaired) electrons. The van der Waals surface area contributed by atoms with Crippen LogP contribution < -0.4 is 0 Å². The van der Waals surface area contributed by atoms with E-state index in [0.717, 1.165) is 12.0 Å². The fourth-order valence-corrected chi connectivity index (χ4v) is 4.18. The standard InChI is InChI=1S/C23H24N2O4S/c1-6-16-7-9-17(10-8-16)22-25-18(11-30-22)23(28)29-15(5)21(27)20-12(2)19(14(4)26)13(3)24-20/h7-11,15,24H,6H2,1-5H3. The van der Waals surface area contributed by atoms with Gasteiger partial charge in [0.1, 0.15) is 5.01 Å². The molecule has 156 valence electrons. The van der Waals surface area contributed by atoms with Crippen molar-refractivity contribution < 1.29 is 19.1 Å². The number of aromatic nitrogens is 2. The molecule has 3 rings (SSSR count). The Balaban J connectivity index is 1.73. The molecule has 0 aliphatic carbocycles. The predicted molar refractivity (Wildman–Crippen MR) is 116 cm³/mol. The fraction of sp³-hybridized carbons (Fsp3) is 0.304. The summed E-state index contributed by atoms with van der Waals surface area (Å²) in [7, 11) is 0. The quantitative estimate of drug-likeness (QED) is 0.428. The molecular weight excluding hydrogens is 400 g/mol. The van der Waals surface area contributed by atoms with Crippen LogP contribution in [-0.2, 0) is 11.2 Å². The van der Waals surface area contributed by atoms with Crippen LogP contribution in [0, 0.1) is 13.8 Å². The van der Waals surface area contributed by atoms with Crippen molar-refractivity contribution in [3.8, 4) is 10.6 Å². The number of rotatable bonds is 7. The van der Waals surface area contributed by atoms with E-state index >= 15 is 0 Å². The molecule has 3 aromatic rings. The number of nitrogens with one attached hydrogen (secondary N) is 1. The highest BCUT2D eigenvalue weighted by Crippen LogP contribution is 2.25. The monoisotopic (exact) mass is 424 g/mol. The normalized spacial score (nSPS) is 11.9. The van der Waals surface area contributed by atoms with E-state index < -0.39 is 12.1 Å². The number of ketones is 2. The van der Waals surface area contributed by atoms with Crippen LogP contribution in [0.3, 0.4) is 0 Å². The molecule has 0 spiro atoms. The summed E-state index contributed by atoms with van der Waals surface area (Å²) in [6.07, 6.45) is -0.0573. The van der Waals surface area contributed by atoms with Crippen molar-refractivity contribution in [3.05, 3.63) is 63.4 Å². The summed E-state index contributed by atoms with van der Waals surface area (Å²) >= 11 is 1.35. The molecule has 0 aliphatic heterocycles. The van der Waals surface area contributed by atoms with Crippen LogP contribution in [0.15, 0.2) is 29.6 Å². The second-order valence-corrected chi connectivity index (χ2v) is 8.04. The number of hydrogen-bond acceptors (Lipinski definition) is 6. The molecule has 0 fully saturated rings. The first-order chi connectivity index (χ1) is 14.2. The summed E-state index contributed by atoms with van der Waals surface area (Å²) in [6, 6.07) is 8.01. The Kier molecular flexibility index (Phi) is 6.31. The van der Waals surface area contributed by atoms with Gasteiger partial charge in [0.05, 0.1) is 5.69 Å². The fourth-order valence-electron chi connectivity index (χ4n) is 3.39. The van der Waals surface area contributed by atoms with E-state index in [1.54, 1.807) is 19.2 Å². The first kappa shape index (κ1) is 21.6. The van der Waals surface area contributed by atoms with E-state index in [1.165, 1.54) is 30.7 Å². The lowest BCUT2D eigenvalue weighted by atomic mass is 10.0. The third-order valence-electron chi connectivity index (χ3n) is 5.01. The Bertz CT molecular complexity index is 1110. The van der Waals surface area contributed by atoms with E-state index in [-0.39, 0.29) is 23.0 Å². The third-order valence-corrected chi connectivity index (χ3v) is 5.90. The highest BCUT2D eigenvalue weighted by molar-refractivity contribution is 7.13. The maximum atomic E-state index is 12.8. The van der Waals surface area contributed by atoms with Crippen molar-refractivity contribution in [1.82, 2.24) is 9.97 Å². The van der Waals surface area contributed by atoms with Gasteiger partial charge in [-0.2, -0.15) is 0 Å². The smallest absolute Gasteiger partial charge is 0.358 e. The average molecular weight is 425 g/mol. The molecule has 2 heterocycles. The molecule has 7 heteroatoms. The summed E-state index contributed by atoms with van der Waals surface area (Å²) < 4.78 is 5.35. The van der Waals surface area contributed by atoms with Crippen molar-refractivity contribution in [2.75, 3.05) is 0 Å². The summed E-state index contributed by atoms with van der Waals surface area (Å²) in [4.78, 5) is 44.4. The highest BCUT2D eigenvalue weighted by atomic mass is 32.1. The lowest BCUT2D eigenvalue weighted by Gasteiger charge is -2.11. The van der Waals surface area contributed by atoms with Crippen LogP contribution in [0.5, 0.6) is 0 Å². The van der Waals surface area contributed by atoms with Crippen LogP contribution in [0.1, 0.15) is 68.9 Å². The van der Waals surface area contributed by atoms with Gasteiger partial charge < -0.3 is 9.72 Å². The summed E-state index contributed by atoms with van der Waals surface area (Å²) in [5, 5.41) is 2.34. The Morgan fingerprint density at radius 3 is 2.40 bits per heavy atom. The van der Waals surface area contributed by atoms with Gasteiger partial charge in [-0.1, -0.05) is 31.2 Å². The number of esters is 1. The number of hydrogen-bond donors (Lipinski definition) is 1. The van der Waals surface area contributed by atoms with Gasteiger partial charge in [0.15, 0.2) is 17.6 Å². The summed E-state index contributed by atoms with van der Waals surface area (Å²) in [5.41, 5.74) is 4.29. The molecule has 1 aromatic carbocycles. The van der Waals surface area contributed by atoms with Gasteiger partial charge in [-0.15, -0.1) is 11.3 Å². The first-order valence-corrected chi connectivity index (χ1v) is 10.6. The lowest BCUT2D eigenvalue weighted by molar-refractivity contribution is 0.0312. The number of benzene rings is 1. The predicted octanol–water partition coefficient (Wildman–Crippen LogP) is 4.95. The van der Waals surface area contributed by atoms with Gasteiger partial charge in [-0.05, 0) is 45.2 Å². The minimum absolute atomic E-state index is 0.119. The van der Waals surface area contributed by atoms with Crippen LogP contribution in [0.2, 0.25) is 0 Å². The second kappa shape index (κ2) is 8.75. The number of H-pyrrole nitrogens is 1. The number of ether oxygens (including phenoxy) is 1. The molecule has 6 nitrogen and oxygen atoms in total. The zero-order valence-corrected chi connectivity index (χ0v) is 18.5. The Labute approximate surface area is 179 Å². The number of thiazole rings is 1. The summed E-state index contributed by atoms with van der Waals surface area (Å²) in [6.45, 7) is 8.50. The maximum Gasteiger partial charge on any atom is 0.358 e. The molecule has 0 amide bonds. The van der Waals surface area contributed by atoms with Crippen molar-refractivity contribution in [3.63, 3.8) is 0 Å². The highest BCUT2D eigenvalue weighted by Gasteiger charge is 2.27. The molecule has 1 atom stereocenters. The van der Waals surface area contributed by atoms with Gasteiger partial charge in [0, 0.05) is 22.2 Å². The zero-order valence-electron chi connectivity index (χ0n) is 17.7. The number of aromatic amines is 1. The second-order valence-electron chi connectivity index (χ2n) is 7.18. The molecule has 2 aromatic heterocycles. The van der Waals surface area contributed by atoms with Gasteiger partial charge in [0.25, 0.3) is 0 Å². The van der Waals surface area contributed by atoms with Crippen molar-refractivity contribution in [1.29, 1.82) is 0 Å². The molecule has 1 N–H and O–H groups in total. The number of carbonyl (C=O) groups is 3. The van der Waals surface area contributed by atoms with Gasteiger partial charge >= 0.3 is 5.97 Å². The Morgan fingerprint density at radius 1 is 1.17 bits per heavy atom. The minimum Gasteiger partial charge on any atom is -0.449 e. The molecule has 0 bridgehead atoms. The van der Waals surface area contributed by atoms with E-state index in [9.17, 15) is 14.4 Å². The number of nitrogens with zero attached hydrogens (tertiary/aromatic N) is 1. The lowest BCUT2D eigenvalue weighted by Crippen LogP contribution is -2.25. The van der Waals surface area contributed by atoms with Crippen LogP contribution in [0.25, 0.3) is 10.6 Å². The molecule has 30 heavy (non-hydrogen) atoms. The largest absolute Gasteiger partial charge is 0.449 e. The number of carbonyl (C=O) groups excluding carboxylic acids is 3. The first-order valence-electron chi connectivity index (χ1n) is 9.73. The minimum atomic E-state index is -1.01. The van der Waals surface area contributed by atoms with Crippen molar-refractivity contribution in [2.45, 2.75) is 47.1 Å². The maximum absolute atomic E-state index is 12.8. The molecule has 1 unspecified atom stereocenters. The molecule has 0 saturated carbocycles. The Hall–Kier alpha value is -3.06. The van der Waals surface area contributed by atoms with Gasteiger partial charge in [-0.25, -0.2) is 9.78 Å². The van der Waals surface area contributed by atoms with E-state index in [2.05, 4.69) is 16.9 Å². The van der Waals surface area contributed by atoms with Gasteiger partial charge in [0.2, 0.25) is 5.78 Å². The number of aryl methyl sites for hydroxylation is 2. The Morgan fingerprint density at radius 2 is 1.83 bits per heavy atom. The van der Waals surface area contributed by atoms with Crippen LogP contribution >= 0.6 is 11.3 Å². The third kappa shape index (κ3) is 4.26. The molecule has 0 saturated heterocycles. The topological polar surface area (TPSA) is 89.1 Å².